The highest BCUT2D eigenvalue weighted by atomic mass is 16.3. The predicted octanol–water partition coefficient (Wildman–Crippen LogP) is 0.694. The Hall–Kier alpha value is -0.340. The first-order valence-corrected chi connectivity index (χ1v) is 2.91. The fourth-order valence-corrected chi connectivity index (χ4v) is 0.603. The quantitative estimate of drug-likeness (QED) is 0.540. The van der Waals surface area contributed by atoms with Crippen molar-refractivity contribution in [2.24, 2.45) is 0 Å². The molecule has 0 saturated heterocycles. The van der Waals surface area contributed by atoms with Gasteiger partial charge in [-0.25, -0.2) is 0 Å². The third kappa shape index (κ3) is 2.63. The molecule has 2 N–H and O–H groups in total. The van der Waals surface area contributed by atoms with Crippen molar-refractivity contribution in [1.29, 1.82) is 0 Å². The van der Waals surface area contributed by atoms with Crippen LogP contribution < -0.4 is 0 Å². The molecule has 2 nitrogen and oxygen atoms in total. The van der Waals surface area contributed by atoms with Crippen LogP contribution in [0.2, 0.25) is 0 Å². The number of rotatable bonds is 2. The van der Waals surface area contributed by atoms with Crippen LogP contribution in [0.3, 0.4) is 0 Å². The first-order valence-electron chi connectivity index (χ1n) is 2.91. The lowest BCUT2D eigenvalue weighted by Gasteiger charge is -2.24. The maximum absolute atomic E-state index is 9.15. The van der Waals surface area contributed by atoms with Crippen molar-refractivity contribution >= 4 is 0 Å². The minimum absolute atomic E-state index is 0.586. The van der Waals surface area contributed by atoms with E-state index in [0.29, 0.717) is 5.57 Å². The lowest BCUT2D eigenvalue weighted by Crippen LogP contribution is -2.36. The van der Waals surface area contributed by atoms with Gasteiger partial charge in [-0.05, 0) is 26.3 Å². The van der Waals surface area contributed by atoms with E-state index in [9.17, 15) is 0 Å². The summed E-state index contributed by atoms with van der Waals surface area (Å²) in [5.41, 5.74) is -0.478. The third-order valence-electron chi connectivity index (χ3n) is 1.14. The van der Waals surface area contributed by atoms with Gasteiger partial charge in [0.25, 0.3) is 0 Å². The van der Waals surface area contributed by atoms with Crippen LogP contribution in [0.1, 0.15) is 20.8 Å². The van der Waals surface area contributed by atoms with E-state index in [-0.39, 0.29) is 0 Å². The minimum atomic E-state index is -1.06. The third-order valence-corrected chi connectivity index (χ3v) is 1.14. The van der Waals surface area contributed by atoms with E-state index in [1.807, 2.05) is 0 Å². The molecule has 0 rings (SSSR count). The molecule has 0 bridgehead atoms. The first-order chi connectivity index (χ1) is 3.85. The van der Waals surface area contributed by atoms with Crippen molar-refractivity contribution in [2.45, 2.75) is 32.5 Å². The van der Waals surface area contributed by atoms with Crippen LogP contribution in [0.4, 0.5) is 0 Å². The van der Waals surface area contributed by atoms with Crippen molar-refractivity contribution in [3.8, 4) is 0 Å². The average Bonchev–Trinajstić information content (AvgIpc) is 1.62. The molecule has 0 aromatic rings. The Bertz CT molecular complexity index is 111. The second kappa shape index (κ2) is 2.50. The van der Waals surface area contributed by atoms with Crippen molar-refractivity contribution in [3.05, 3.63) is 12.2 Å². The monoisotopic (exact) mass is 130 g/mol. The van der Waals surface area contributed by atoms with E-state index < -0.39 is 11.7 Å². The average molecular weight is 130 g/mol. The van der Waals surface area contributed by atoms with Crippen LogP contribution in [0.15, 0.2) is 12.2 Å². The van der Waals surface area contributed by atoms with E-state index in [4.69, 9.17) is 10.2 Å². The fraction of sp³-hybridized carbons (Fsp3) is 0.714. The van der Waals surface area contributed by atoms with Gasteiger partial charge in [0, 0.05) is 0 Å². The molecule has 0 fully saturated rings. The summed E-state index contributed by atoms with van der Waals surface area (Å²) in [6.45, 7) is 8.29. The normalized spacial score (nSPS) is 15.2. The van der Waals surface area contributed by atoms with Crippen molar-refractivity contribution < 1.29 is 10.2 Å². The van der Waals surface area contributed by atoms with Crippen LogP contribution in [0.5, 0.6) is 0 Å². The van der Waals surface area contributed by atoms with Crippen LogP contribution in [0.25, 0.3) is 0 Å². The summed E-state index contributed by atoms with van der Waals surface area (Å²) in [6, 6.07) is 0. The summed E-state index contributed by atoms with van der Waals surface area (Å²) >= 11 is 0. The van der Waals surface area contributed by atoms with Gasteiger partial charge in [0.2, 0.25) is 0 Å². The second-order valence-electron chi connectivity index (χ2n) is 2.90. The molecule has 0 radical (unpaired) electrons. The van der Waals surface area contributed by atoms with Crippen LogP contribution in [0, 0.1) is 0 Å². The number of aliphatic hydroxyl groups is 2. The van der Waals surface area contributed by atoms with Gasteiger partial charge >= 0.3 is 0 Å². The molecule has 0 saturated carbocycles. The smallest absolute Gasteiger partial charge is 0.103 e. The molecule has 0 amide bonds. The first kappa shape index (κ1) is 8.66. The standard InChI is InChI=1S/C7H14O2/c1-5(2)6(8)7(3,4)9/h6,8-9H,1H2,2-4H3. The Morgan fingerprint density at radius 1 is 1.56 bits per heavy atom. The van der Waals surface area contributed by atoms with Crippen molar-refractivity contribution in [3.63, 3.8) is 0 Å². The van der Waals surface area contributed by atoms with Gasteiger partial charge in [0.1, 0.15) is 6.10 Å². The van der Waals surface area contributed by atoms with E-state index in [1.54, 1.807) is 20.8 Å². The van der Waals surface area contributed by atoms with Gasteiger partial charge in [0.05, 0.1) is 5.60 Å². The highest BCUT2D eigenvalue weighted by Crippen LogP contribution is 2.13. The summed E-state index contributed by atoms with van der Waals surface area (Å²) in [4.78, 5) is 0. The summed E-state index contributed by atoms with van der Waals surface area (Å²) in [5.74, 6) is 0. The molecule has 0 aliphatic rings. The molecule has 0 aliphatic heterocycles. The molecule has 0 aromatic carbocycles. The number of hydrogen-bond donors (Lipinski definition) is 2. The van der Waals surface area contributed by atoms with E-state index in [2.05, 4.69) is 6.58 Å². The molecule has 0 aliphatic carbocycles. The Kier molecular flexibility index (Phi) is 2.40. The Labute approximate surface area is 55.8 Å². The molecular weight excluding hydrogens is 116 g/mol. The van der Waals surface area contributed by atoms with Gasteiger partial charge in [-0.15, -0.1) is 0 Å². The van der Waals surface area contributed by atoms with Crippen molar-refractivity contribution in [2.75, 3.05) is 0 Å². The molecule has 0 spiro atoms. The molecule has 2 heteroatoms. The molecular formula is C7H14O2. The largest absolute Gasteiger partial charge is 0.387 e. The molecule has 1 atom stereocenters. The van der Waals surface area contributed by atoms with Gasteiger partial charge in [-0.1, -0.05) is 6.58 Å². The maximum atomic E-state index is 9.15. The van der Waals surface area contributed by atoms with Gasteiger partial charge < -0.3 is 10.2 Å². The summed E-state index contributed by atoms with van der Waals surface area (Å²) in [6.07, 6.45) is -0.822. The lowest BCUT2D eigenvalue weighted by atomic mass is 9.97. The summed E-state index contributed by atoms with van der Waals surface area (Å²) in [7, 11) is 0. The molecule has 0 aromatic heterocycles. The zero-order chi connectivity index (χ0) is 7.65. The predicted molar refractivity (Wildman–Crippen MR) is 37.1 cm³/mol. The number of hydrogen-bond acceptors (Lipinski definition) is 2. The molecule has 1 unspecified atom stereocenters. The number of aliphatic hydroxyl groups excluding tert-OH is 1. The zero-order valence-electron chi connectivity index (χ0n) is 6.18. The highest BCUT2D eigenvalue weighted by molar-refractivity contribution is 5.03. The van der Waals surface area contributed by atoms with Crippen molar-refractivity contribution in [1.82, 2.24) is 0 Å². The highest BCUT2D eigenvalue weighted by Gasteiger charge is 2.24. The molecule has 9 heavy (non-hydrogen) atoms. The van der Waals surface area contributed by atoms with E-state index >= 15 is 0 Å². The van der Waals surface area contributed by atoms with Crippen LogP contribution in [-0.4, -0.2) is 21.9 Å². The van der Waals surface area contributed by atoms with Gasteiger partial charge in [-0.2, -0.15) is 0 Å². The summed E-state index contributed by atoms with van der Waals surface area (Å²) < 4.78 is 0. The minimum Gasteiger partial charge on any atom is -0.387 e. The zero-order valence-corrected chi connectivity index (χ0v) is 6.18. The second-order valence-corrected chi connectivity index (χ2v) is 2.90. The van der Waals surface area contributed by atoms with Crippen LogP contribution >= 0.6 is 0 Å². The SMILES string of the molecule is C=C(C)C(O)C(C)(C)O. The Morgan fingerprint density at radius 2 is 1.89 bits per heavy atom. The Morgan fingerprint density at radius 3 is 1.89 bits per heavy atom. The Balaban J connectivity index is 4.04. The lowest BCUT2D eigenvalue weighted by molar-refractivity contribution is -0.0280. The summed E-state index contributed by atoms with van der Waals surface area (Å²) in [5, 5.41) is 18.3. The molecule has 54 valence electrons. The fourth-order valence-electron chi connectivity index (χ4n) is 0.603. The van der Waals surface area contributed by atoms with Crippen LogP contribution in [-0.2, 0) is 0 Å². The van der Waals surface area contributed by atoms with Gasteiger partial charge in [-0.3, -0.25) is 0 Å². The molecule has 0 heterocycles. The van der Waals surface area contributed by atoms with Gasteiger partial charge in [0.15, 0.2) is 0 Å². The maximum Gasteiger partial charge on any atom is 0.103 e. The topological polar surface area (TPSA) is 40.5 Å². The van der Waals surface area contributed by atoms with E-state index in [0.717, 1.165) is 0 Å². The van der Waals surface area contributed by atoms with E-state index in [1.165, 1.54) is 0 Å².